The average Bonchev–Trinajstić information content (AvgIpc) is 2.42. The number of halogens is 3. The number of hydrogen-bond donors (Lipinski definition) is 1. The van der Waals surface area contributed by atoms with Gasteiger partial charge in [-0.3, -0.25) is 0 Å². The number of benzene rings is 1. The van der Waals surface area contributed by atoms with Crippen LogP contribution >= 0.6 is 0 Å². The molecule has 0 saturated carbocycles. The lowest BCUT2D eigenvalue weighted by Crippen LogP contribution is -2.15. The summed E-state index contributed by atoms with van der Waals surface area (Å²) < 4.78 is 44.2. The maximum absolute atomic E-state index is 12.9. The second-order valence-corrected chi connectivity index (χ2v) is 5.29. The largest absolute Gasteiger partial charge is 0.491 e. The summed E-state index contributed by atoms with van der Waals surface area (Å²) >= 11 is 0. The lowest BCUT2D eigenvalue weighted by atomic mass is 10.1. The SMILES string of the molecule is CCCCCCC(C)Oc1ccc(C(=O)O)c(C(F)(F)F)c1. The molecular formula is C16H21F3O3. The van der Waals surface area contributed by atoms with Crippen LogP contribution in [0.1, 0.15) is 61.9 Å². The smallest absolute Gasteiger partial charge is 0.417 e. The molecule has 1 unspecified atom stereocenters. The summed E-state index contributed by atoms with van der Waals surface area (Å²) in [4.78, 5) is 10.9. The Kier molecular flexibility index (Phi) is 6.71. The van der Waals surface area contributed by atoms with E-state index in [-0.39, 0.29) is 11.9 Å². The average molecular weight is 318 g/mol. The summed E-state index contributed by atoms with van der Waals surface area (Å²) in [6, 6.07) is 2.96. The molecule has 0 aromatic heterocycles. The van der Waals surface area contributed by atoms with Crippen molar-refractivity contribution in [3.05, 3.63) is 29.3 Å². The van der Waals surface area contributed by atoms with Crippen molar-refractivity contribution in [2.24, 2.45) is 0 Å². The zero-order valence-electron chi connectivity index (χ0n) is 12.7. The third-order valence-electron chi connectivity index (χ3n) is 3.33. The zero-order valence-corrected chi connectivity index (χ0v) is 12.7. The van der Waals surface area contributed by atoms with Gasteiger partial charge in [0.2, 0.25) is 0 Å². The standard InChI is InChI=1S/C16H21F3O3/c1-3-4-5-6-7-11(2)22-12-8-9-13(15(20)21)14(10-12)16(17,18)19/h8-11H,3-7H2,1-2H3,(H,20,21). The number of rotatable bonds is 8. The van der Waals surface area contributed by atoms with E-state index in [9.17, 15) is 18.0 Å². The Morgan fingerprint density at radius 3 is 2.50 bits per heavy atom. The van der Waals surface area contributed by atoms with Gasteiger partial charge in [0, 0.05) is 0 Å². The van der Waals surface area contributed by atoms with E-state index in [4.69, 9.17) is 9.84 Å². The van der Waals surface area contributed by atoms with Gasteiger partial charge < -0.3 is 9.84 Å². The molecule has 1 N–H and O–H groups in total. The summed E-state index contributed by atoms with van der Waals surface area (Å²) in [6.45, 7) is 3.90. The summed E-state index contributed by atoms with van der Waals surface area (Å²) in [5, 5.41) is 8.83. The molecule has 1 aromatic carbocycles. The molecule has 0 bridgehead atoms. The van der Waals surface area contributed by atoms with E-state index >= 15 is 0 Å². The number of alkyl halides is 3. The van der Waals surface area contributed by atoms with Crippen molar-refractivity contribution in [3.63, 3.8) is 0 Å². The highest BCUT2D eigenvalue weighted by molar-refractivity contribution is 5.89. The van der Waals surface area contributed by atoms with E-state index in [0.717, 1.165) is 44.2 Å². The fraction of sp³-hybridized carbons (Fsp3) is 0.562. The van der Waals surface area contributed by atoms with Gasteiger partial charge in [-0.05, 0) is 38.0 Å². The molecular weight excluding hydrogens is 297 g/mol. The molecule has 0 aliphatic carbocycles. The van der Waals surface area contributed by atoms with Gasteiger partial charge in [0.05, 0.1) is 17.2 Å². The molecule has 0 amide bonds. The lowest BCUT2D eigenvalue weighted by Gasteiger charge is -2.17. The normalized spacial score (nSPS) is 13.0. The Morgan fingerprint density at radius 2 is 1.95 bits per heavy atom. The van der Waals surface area contributed by atoms with Crippen molar-refractivity contribution in [1.82, 2.24) is 0 Å². The number of unbranched alkanes of at least 4 members (excludes halogenated alkanes) is 3. The van der Waals surface area contributed by atoms with Crippen LogP contribution in [0.2, 0.25) is 0 Å². The fourth-order valence-electron chi connectivity index (χ4n) is 2.17. The minimum Gasteiger partial charge on any atom is -0.491 e. The first kappa shape index (κ1) is 18.3. The first-order valence-electron chi connectivity index (χ1n) is 7.37. The molecule has 0 aliphatic heterocycles. The maximum Gasteiger partial charge on any atom is 0.417 e. The number of hydrogen-bond acceptors (Lipinski definition) is 2. The fourth-order valence-corrected chi connectivity index (χ4v) is 2.17. The molecule has 3 nitrogen and oxygen atoms in total. The monoisotopic (exact) mass is 318 g/mol. The highest BCUT2D eigenvalue weighted by Crippen LogP contribution is 2.34. The highest BCUT2D eigenvalue weighted by atomic mass is 19.4. The molecule has 0 saturated heterocycles. The van der Waals surface area contributed by atoms with Crippen molar-refractivity contribution in [2.45, 2.75) is 58.2 Å². The van der Waals surface area contributed by atoms with Gasteiger partial charge in [-0.1, -0.05) is 26.2 Å². The quantitative estimate of drug-likeness (QED) is 0.675. The molecule has 0 heterocycles. The van der Waals surface area contributed by atoms with Crippen LogP contribution in [-0.2, 0) is 6.18 Å². The van der Waals surface area contributed by atoms with Crippen LogP contribution in [0.25, 0.3) is 0 Å². The second-order valence-electron chi connectivity index (χ2n) is 5.29. The molecule has 1 rings (SSSR count). The number of aromatic carboxylic acids is 1. The third-order valence-corrected chi connectivity index (χ3v) is 3.33. The van der Waals surface area contributed by atoms with E-state index in [1.165, 1.54) is 6.07 Å². The molecule has 1 atom stereocenters. The zero-order chi connectivity index (χ0) is 16.8. The van der Waals surface area contributed by atoms with Crippen molar-refractivity contribution in [3.8, 4) is 5.75 Å². The summed E-state index contributed by atoms with van der Waals surface area (Å²) in [6.07, 6.45) is 0.0664. The topological polar surface area (TPSA) is 46.5 Å². The van der Waals surface area contributed by atoms with Gasteiger partial charge in [0.15, 0.2) is 0 Å². The number of carboxylic acids is 1. The van der Waals surface area contributed by atoms with Crippen molar-refractivity contribution in [1.29, 1.82) is 0 Å². The van der Waals surface area contributed by atoms with Gasteiger partial charge in [-0.25, -0.2) is 4.79 Å². The molecule has 6 heteroatoms. The molecule has 0 spiro atoms. The first-order valence-corrected chi connectivity index (χ1v) is 7.37. The van der Waals surface area contributed by atoms with E-state index in [1.54, 1.807) is 6.92 Å². The Labute approximate surface area is 128 Å². The van der Waals surface area contributed by atoms with Crippen molar-refractivity contribution in [2.75, 3.05) is 0 Å². The second kappa shape index (κ2) is 8.06. The molecule has 0 aliphatic rings. The van der Waals surface area contributed by atoms with Gasteiger partial charge >= 0.3 is 12.1 Å². The van der Waals surface area contributed by atoms with E-state index in [1.807, 2.05) is 0 Å². The van der Waals surface area contributed by atoms with Crippen molar-refractivity contribution >= 4 is 5.97 Å². The van der Waals surface area contributed by atoms with E-state index < -0.39 is 23.3 Å². The Balaban J connectivity index is 2.78. The van der Waals surface area contributed by atoms with E-state index in [0.29, 0.717) is 0 Å². The van der Waals surface area contributed by atoms with E-state index in [2.05, 4.69) is 6.92 Å². The molecule has 0 radical (unpaired) electrons. The Bertz CT molecular complexity index is 498. The number of carboxylic acid groups (broad SMARTS) is 1. The van der Waals surface area contributed by atoms with Crippen LogP contribution in [0, 0.1) is 0 Å². The summed E-state index contributed by atoms with van der Waals surface area (Å²) in [5.74, 6) is -1.56. The van der Waals surface area contributed by atoms with Crippen molar-refractivity contribution < 1.29 is 27.8 Å². The minimum absolute atomic E-state index is 0.0420. The summed E-state index contributed by atoms with van der Waals surface area (Å²) in [7, 11) is 0. The predicted octanol–water partition coefficient (Wildman–Crippen LogP) is 5.14. The van der Waals surface area contributed by atoms with Crippen LogP contribution in [-0.4, -0.2) is 17.2 Å². The van der Waals surface area contributed by atoms with Gasteiger partial charge in [0.1, 0.15) is 5.75 Å². The maximum atomic E-state index is 12.9. The molecule has 124 valence electrons. The number of ether oxygens (including phenoxy) is 1. The van der Waals surface area contributed by atoms with Crippen LogP contribution in [0.15, 0.2) is 18.2 Å². The van der Waals surface area contributed by atoms with Crippen LogP contribution in [0.3, 0.4) is 0 Å². The lowest BCUT2D eigenvalue weighted by molar-refractivity contribution is -0.138. The summed E-state index contributed by atoms with van der Waals surface area (Å²) in [5.41, 5.74) is -1.95. The van der Waals surface area contributed by atoms with Gasteiger partial charge in [-0.2, -0.15) is 13.2 Å². The van der Waals surface area contributed by atoms with Crippen LogP contribution in [0.4, 0.5) is 13.2 Å². The van der Waals surface area contributed by atoms with Gasteiger partial charge in [-0.15, -0.1) is 0 Å². The first-order chi connectivity index (χ1) is 10.3. The third kappa shape index (κ3) is 5.58. The Morgan fingerprint density at radius 1 is 1.27 bits per heavy atom. The minimum atomic E-state index is -4.72. The van der Waals surface area contributed by atoms with Gasteiger partial charge in [0.25, 0.3) is 0 Å². The molecule has 22 heavy (non-hydrogen) atoms. The molecule has 1 aromatic rings. The predicted molar refractivity (Wildman–Crippen MR) is 77.3 cm³/mol. The molecule has 0 fully saturated rings. The highest BCUT2D eigenvalue weighted by Gasteiger charge is 2.35. The Hall–Kier alpha value is -1.72. The number of carbonyl (C=O) groups is 1. The van der Waals surface area contributed by atoms with Crippen LogP contribution < -0.4 is 4.74 Å². The van der Waals surface area contributed by atoms with Crippen LogP contribution in [0.5, 0.6) is 5.75 Å².